The zero-order chi connectivity index (χ0) is 23.3. The fraction of sp³-hybridized carbons (Fsp3) is 0.160. The molecule has 0 spiro atoms. The Labute approximate surface area is 194 Å². The number of hydrogen-bond acceptors (Lipinski definition) is 4. The molecule has 166 valence electrons. The molecule has 0 saturated heterocycles. The number of rotatable bonds is 4. The third-order valence-corrected chi connectivity index (χ3v) is 6.18. The van der Waals surface area contributed by atoms with Gasteiger partial charge in [0.15, 0.2) is 0 Å². The number of halogens is 1. The number of carboxylic acids is 1. The molecule has 7 nitrogen and oxygen atoms in total. The maximum Gasteiger partial charge on any atom is 0.336 e. The number of benzene rings is 3. The number of imidazole rings is 1. The van der Waals surface area contributed by atoms with E-state index in [0.29, 0.717) is 33.9 Å². The van der Waals surface area contributed by atoms with Crippen molar-refractivity contribution in [1.29, 1.82) is 0 Å². The minimum Gasteiger partial charge on any atom is -0.478 e. The number of nitrogens with one attached hydrogen (secondary N) is 1. The van der Waals surface area contributed by atoms with Crippen molar-refractivity contribution in [3.8, 4) is 22.9 Å². The molecule has 8 heteroatoms. The monoisotopic (exact) mass is 461 g/mol. The fourth-order valence-corrected chi connectivity index (χ4v) is 4.45. The van der Waals surface area contributed by atoms with Crippen LogP contribution < -0.4 is 9.64 Å². The van der Waals surface area contributed by atoms with E-state index in [1.807, 2.05) is 18.2 Å². The van der Waals surface area contributed by atoms with Gasteiger partial charge in [-0.15, -0.1) is 0 Å². The number of aromatic amines is 1. The van der Waals surface area contributed by atoms with Crippen molar-refractivity contribution in [3.05, 3.63) is 70.2 Å². The van der Waals surface area contributed by atoms with Gasteiger partial charge in [-0.25, -0.2) is 4.79 Å². The molecule has 33 heavy (non-hydrogen) atoms. The summed E-state index contributed by atoms with van der Waals surface area (Å²) in [6.07, 6.45) is 0.803. The smallest absolute Gasteiger partial charge is 0.336 e. The van der Waals surface area contributed by atoms with E-state index in [1.165, 1.54) is 6.07 Å². The molecule has 1 amide bonds. The van der Waals surface area contributed by atoms with Crippen molar-refractivity contribution < 1.29 is 19.4 Å². The lowest BCUT2D eigenvalue weighted by molar-refractivity contribution is -0.116. The summed E-state index contributed by atoms with van der Waals surface area (Å²) < 4.78 is 5.78. The number of fused-ring (bicyclic) bond motifs is 2. The third-order valence-electron chi connectivity index (χ3n) is 5.87. The van der Waals surface area contributed by atoms with E-state index in [2.05, 4.69) is 16.0 Å². The predicted octanol–water partition coefficient (Wildman–Crippen LogP) is 5.59. The van der Waals surface area contributed by atoms with Crippen LogP contribution in [0.1, 0.15) is 28.4 Å². The highest BCUT2D eigenvalue weighted by Gasteiger charge is 2.23. The molecule has 1 aromatic heterocycles. The van der Waals surface area contributed by atoms with E-state index in [0.717, 1.165) is 28.8 Å². The quantitative estimate of drug-likeness (QED) is 0.413. The van der Waals surface area contributed by atoms with Gasteiger partial charge in [-0.1, -0.05) is 23.7 Å². The summed E-state index contributed by atoms with van der Waals surface area (Å²) in [5.41, 5.74) is 6.02. The summed E-state index contributed by atoms with van der Waals surface area (Å²) in [6.45, 7) is 3.99. The number of aromatic nitrogens is 2. The standard InChI is InChI=1S/C25H20ClN3O4/c1-13-3-5-17(10-18(13)24(31)32)33-25-27-21-11-19(20(26)12-22(21)28-25)15-4-6-23-16(9-15)7-8-29(23)14(2)30/h3-6,9-12H,7-8H2,1-2H3,(H,27,28)(H,31,32). The summed E-state index contributed by atoms with van der Waals surface area (Å²) in [4.78, 5) is 32.6. The van der Waals surface area contributed by atoms with Gasteiger partial charge in [-0.05, 0) is 66.4 Å². The van der Waals surface area contributed by atoms with Crippen LogP contribution in [0.25, 0.3) is 22.2 Å². The number of carbonyl (C=O) groups excluding carboxylic acids is 1. The van der Waals surface area contributed by atoms with Crippen LogP contribution in [-0.4, -0.2) is 33.5 Å². The van der Waals surface area contributed by atoms with Crippen LogP contribution in [-0.2, 0) is 11.2 Å². The van der Waals surface area contributed by atoms with Crippen molar-refractivity contribution in [1.82, 2.24) is 9.97 Å². The van der Waals surface area contributed by atoms with Crippen LogP contribution in [0.3, 0.4) is 0 Å². The molecule has 5 rings (SSSR count). The Bertz CT molecular complexity index is 1440. The van der Waals surface area contributed by atoms with Gasteiger partial charge >= 0.3 is 5.97 Å². The van der Waals surface area contributed by atoms with Crippen molar-refractivity contribution in [2.24, 2.45) is 0 Å². The molecule has 0 radical (unpaired) electrons. The van der Waals surface area contributed by atoms with Gasteiger partial charge in [0.1, 0.15) is 5.75 Å². The SMILES string of the molecule is CC(=O)N1CCc2cc(-c3cc4nc(Oc5ccc(C)c(C(=O)O)c5)[nH]c4cc3Cl)ccc21. The van der Waals surface area contributed by atoms with Crippen molar-refractivity contribution >= 4 is 40.2 Å². The zero-order valence-electron chi connectivity index (χ0n) is 18.0. The highest BCUT2D eigenvalue weighted by Crippen LogP contribution is 2.37. The van der Waals surface area contributed by atoms with E-state index in [9.17, 15) is 14.7 Å². The van der Waals surface area contributed by atoms with Crippen LogP contribution in [0.4, 0.5) is 5.69 Å². The van der Waals surface area contributed by atoms with Crippen LogP contribution in [0.15, 0.2) is 48.5 Å². The fourth-order valence-electron chi connectivity index (χ4n) is 4.18. The van der Waals surface area contributed by atoms with Crippen LogP contribution in [0, 0.1) is 6.92 Å². The number of aryl methyl sites for hydroxylation is 1. The summed E-state index contributed by atoms with van der Waals surface area (Å²) >= 11 is 6.59. The maximum atomic E-state index is 11.8. The number of amides is 1. The number of aromatic carboxylic acids is 1. The van der Waals surface area contributed by atoms with Crippen molar-refractivity contribution in [2.75, 3.05) is 11.4 Å². The van der Waals surface area contributed by atoms with Crippen molar-refractivity contribution in [3.63, 3.8) is 0 Å². The minimum absolute atomic E-state index is 0.0362. The third kappa shape index (κ3) is 3.81. The first kappa shape index (κ1) is 21.0. The van der Waals surface area contributed by atoms with Gasteiger partial charge in [0, 0.05) is 24.7 Å². The van der Waals surface area contributed by atoms with E-state index < -0.39 is 5.97 Å². The molecule has 1 aliphatic heterocycles. The molecule has 0 bridgehead atoms. The van der Waals surface area contributed by atoms with Crippen molar-refractivity contribution in [2.45, 2.75) is 20.3 Å². The molecule has 0 unspecified atom stereocenters. The van der Waals surface area contributed by atoms with Crippen LogP contribution in [0.2, 0.25) is 5.02 Å². The Hall–Kier alpha value is -3.84. The van der Waals surface area contributed by atoms with E-state index >= 15 is 0 Å². The highest BCUT2D eigenvalue weighted by molar-refractivity contribution is 6.34. The first-order chi connectivity index (χ1) is 15.8. The number of hydrogen-bond donors (Lipinski definition) is 2. The summed E-state index contributed by atoms with van der Waals surface area (Å²) in [6, 6.07) is 14.8. The van der Waals surface area contributed by atoms with Gasteiger partial charge < -0.3 is 19.7 Å². The molecule has 3 aromatic carbocycles. The second-order valence-electron chi connectivity index (χ2n) is 8.04. The topological polar surface area (TPSA) is 95.5 Å². The molecule has 2 heterocycles. The summed E-state index contributed by atoms with van der Waals surface area (Å²) in [5.74, 6) is -0.606. The van der Waals surface area contributed by atoms with Gasteiger partial charge in [0.25, 0.3) is 6.01 Å². The minimum atomic E-state index is -1.01. The van der Waals surface area contributed by atoms with E-state index in [4.69, 9.17) is 16.3 Å². The predicted molar refractivity (Wildman–Crippen MR) is 126 cm³/mol. The molecule has 0 atom stereocenters. The van der Waals surface area contributed by atoms with Gasteiger partial charge in [0.2, 0.25) is 5.91 Å². The number of nitrogens with zero attached hydrogens (tertiary/aromatic N) is 2. The molecule has 1 aliphatic rings. The zero-order valence-corrected chi connectivity index (χ0v) is 18.7. The molecule has 0 saturated carbocycles. The molecular weight excluding hydrogens is 442 g/mol. The molecule has 0 aliphatic carbocycles. The molecule has 0 fully saturated rings. The Morgan fingerprint density at radius 2 is 1.97 bits per heavy atom. The van der Waals surface area contributed by atoms with Crippen LogP contribution in [0.5, 0.6) is 11.8 Å². The van der Waals surface area contributed by atoms with E-state index in [-0.39, 0.29) is 17.5 Å². The normalized spacial score (nSPS) is 12.8. The maximum absolute atomic E-state index is 11.8. The van der Waals surface area contributed by atoms with Gasteiger partial charge in [-0.3, -0.25) is 4.79 Å². The average Bonchev–Trinajstić information content (AvgIpc) is 3.37. The first-order valence-corrected chi connectivity index (χ1v) is 10.8. The van der Waals surface area contributed by atoms with Gasteiger partial charge in [0.05, 0.1) is 21.6 Å². The number of ether oxygens (including phenoxy) is 1. The number of H-pyrrole nitrogens is 1. The number of carbonyl (C=O) groups is 2. The Balaban J connectivity index is 1.48. The lowest BCUT2D eigenvalue weighted by atomic mass is 10.0. The van der Waals surface area contributed by atoms with Crippen LogP contribution >= 0.6 is 11.6 Å². The number of anilines is 1. The largest absolute Gasteiger partial charge is 0.478 e. The Kier molecular flexibility index (Phi) is 5.06. The Morgan fingerprint density at radius 1 is 1.15 bits per heavy atom. The van der Waals surface area contributed by atoms with E-state index in [1.54, 1.807) is 36.9 Å². The molecular formula is C25H20ClN3O4. The number of carboxylic acid groups (broad SMARTS) is 1. The first-order valence-electron chi connectivity index (χ1n) is 10.4. The lowest BCUT2D eigenvalue weighted by Gasteiger charge is -2.15. The second-order valence-corrected chi connectivity index (χ2v) is 8.45. The molecule has 4 aromatic rings. The average molecular weight is 462 g/mol. The van der Waals surface area contributed by atoms with Gasteiger partial charge in [-0.2, -0.15) is 4.98 Å². The Morgan fingerprint density at radius 3 is 2.73 bits per heavy atom. The second kappa shape index (κ2) is 7.94. The molecule has 2 N–H and O–H groups in total. The lowest BCUT2D eigenvalue weighted by Crippen LogP contribution is -2.25. The summed E-state index contributed by atoms with van der Waals surface area (Å²) in [7, 11) is 0. The highest BCUT2D eigenvalue weighted by atomic mass is 35.5. The summed E-state index contributed by atoms with van der Waals surface area (Å²) in [5, 5.41) is 9.88.